The van der Waals surface area contributed by atoms with Gasteiger partial charge in [-0.1, -0.05) is 0 Å². The summed E-state index contributed by atoms with van der Waals surface area (Å²) in [4.78, 5) is 14.0. The highest BCUT2D eigenvalue weighted by Crippen LogP contribution is 2.13. The standard InChI is InChI=1S/C12H20N4O/c1-10(2)16-11(5-6-13-16)14-12(17)9-15-7-3-4-8-15/h5-6,10H,3-4,7-9H2,1-2H3,(H,14,17). The number of hydrogen-bond donors (Lipinski definition) is 1. The number of carbonyl (C=O) groups excluding carboxylic acids is 1. The summed E-state index contributed by atoms with van der Waals surface area (Å²) in [5.41, 5.74) is 0. The first-order valence-corrected chi connectivity index (χ1v) is 6.22. The van der Waals surface area contributed by atoms with Gasteiger partial charge in [-0.05, 0) is 39.8 Å². The zero-order valence-corrected chi connectivity index (χ0v) is 10.5. The van der Waals surface area contributed by atoms with E-state index in [9.17, 15) is 4.79 Å². The Hall–Kier alpha value is -1.36. The number of nitrogens with zero attached hydrogens (tertiary/aromatic N) is 3. The van der Waals surface area contributed by atoms with Gasteiger partial charge in [0.2, 0.25) is 5.91 Å². The number of rotatable bonds is 4. The van der Waals surface area contributed by atoms with Gasteiger partial charge in [-0.25, -0.2) is 4.68 Å². The summed E-state index contributed by atoms with van der Waals surface area (Å²) >= 11 is 0. The normalized spacial score (nSPS) is 16.6. The van der Waals surface area contributed by atoms with Crippen LogP contribution >= 0.6 is 0 Å². The summed E-state index contributed by atoms with van der Waals surface area (Å²) in [7, 11) is 0. The first-order chi connectivity index (χ1) is 8.16. The molecule has 0 aliphatic carbocycles. The summed E-state index contributed by atoms with van der Waals surface area (Å²) in [6.45, 7) is 6.66. The van der Waals surface area contributed by atoms with Crippen molar-refractivity contribution >= 4 is 11.7 Å². The molecule has 1 aliphatic rings. The van der Waals surface area contributed by atoms with Gasteiger partial charge in [0.15, 0.2) is 0 Å². The maximum absolute atomic E-state index is 11.8. The van der Waals surface area contributed by atoms with E-state index in [0.717, 1.165) is 18.9 Å². The van der Waals surface area contributed by atoms with Gasteiger partial charge in [0.25, 0.3) is 0 Å². The van der Waals surface area contributed by atoms with Crippen LogP contribution in [0, 0.1) is 0 Å². The molecule has 94 valence electrons. The summed E-state index contributed by atoms with van der Waals surface area (Å²) in [5.74, 6) is 0.832. The van der Waals surface area contributed by atoms with Gasteiger partial charge in [0.1, 0.15) is 5.82 Å². The van der Waals surface area contributed by atoms with Crippen LogP contribution in [0.25, 0.3) is 0 Å². The Morgan fingerprint density at radius 2 is 2.18 bits per heavy atom. The van der Waals surface area contributed by atoms with Gasteiger partial charge in [-0.15, -0.1) is 0 Å². The summed E-state index contributed by atoms with van der Waals surface area (Å²) in [6, 6.07) is 2.09. The summed E-state index contributed by atoms with van der Waals surface area (Å²) in [5, 5.41) is 7.11. The SMILES string of the molecule is CC(C)n1nccc1NC(=O)CN1CCCC1. The third-order valence-electron chi connectivity index (χ3n) is 2.99. The Morgan fingerprint density at radius 1 is 1.47 bits per heavy atom. The van der Waals surface area contributed by atoms with Crippen molar-refractivity contribution in [1.82, 2.24) is 14.7 Å². The maximum Gasteiger partial charge on any atom is 0.239 e. The molecule has 2 heterocycles. The van der Waals surface area contributed by atoms with Crippen molar-refractivity contribution in [3.05, 3.63) is 12.3 Å². The van der Waals surface area contributed by atoms with Crippen LogP contribution < -0.4 is 5.32 Å². The third-order valence-corrected chi connectivity index (χ3v) is 2.99. The van der Waals surface area contributed by atoms with Gasteiger partial charge in [-0.3, -0.25) is 9.69 Å². The van der Waals surface area contributed by atoms with E-state index in [4.69, 9.17) is 0 Å². The molecule has 0 atom stereocenters. The predicted molar refractivity (Wildman–Crippen MR) is 66.9 cm³/mol. The van der Waals surface area contributed by atoms with E-state index >= 15 is 0 Å². The number of anilines is 1. The molecule has 1 amide bonds. The lowest BCUT2D eigenvalue weighted by Crippen LogP contribution is -2.31. The fraction of sp³-hybridized carbons (Fsp3) is 0.667. The van der Waals surface area contributed by atoms with Crippen molar-refractivity contribution in [2.24, 2.45) is 0 Å². The number of hydrogen-bond acceptors (Lipinski definition) is 3. The summed E-state index contributed by atoms with van der Waals surface area (Å²) < 4.78 is 1.82. The quantitative estimate of drug-likeness (QED) is 0.862. The van der Waals surface area contributed by atoms with Crippen LogP contribution in [0.5, 0.6) is 0 Å². The molecule has 0 radical (unpaired) electrons. The van der Waals surface area contributed by atoms with E-state index < -0.39 is 0 Å². The number of likely N-dealkylation sites (tertiary alicyclic amines) is 1. The Labute approximate surface area is 102 Å². The molecule has 0 spiro atoms. The number of amides is 1. The summed E-state index contributed by atoms with van der Waals surface area (Å²) in [6.07, 6.45) is 4.12. The van der Waals surface area contributed by atoms with Crippen molar-refractivity contribution in [3.8, 4) is 0 Å². The van der Waals surface area contributed by atoms with Gasteiger partial charge < -0.3 is 5.32 Å². The van der Waals surface area contributed by atoms with Crippen molar-refractivity contribution in [2.45, 2.75) is 32.7 Å². The van der Waals surface area contributed by atoms with Crippen molar-refractivity contribution in [2.75, 3.05) is 25.0 Å². The molecule has 0 bridgehead atoms. The number of carbonyl (C=O) groups is 1. The molecule has 1 N–H and O–H groups in total. The van der Waals surface area contributed by atoms with Crippen LogP contribution in [0.2, 0.25) is 0 Å². The molecule has 1 fully saturated rings. The zero-order valence-electron chi connectivity index (χ0n) is 10.5. The molecule has 0 unspecified atom stereocenters. The maximum atomic E-state index is 11.8. The van der Waals surface area contributed by atoms with E-state index in [0.29, 0.717) is 6.54 Å². The highest BCUT2D eigenvalue weighted by molar-refractivity contribution is 5.91. The molecule has 0 saturated carbocycles. The van der Waals surface area contributed by atoms with Gasteiger partial charge in [0, 0.05) is 12.1 Å². The number of nitrogens with one attached hydrogen (secondary N) is 1. The Kier molecular flexibility index (Phi) is 3.78. The lowest BCUT2D eigenvalue weighted by Gasteiger charge is -2.15. The zero-order chi connectivity index (χ0) is 12.3. The Balaban J connectivity index is 1.90. The van der Waals surface area contributed by atoms with Crippen molar-refractivity contribution < 1.29 is 4.79 Å². The molecule has 0 aromatic carbocycles. The monoisotopic (exact) mass is 236 g/mol. The van der Waals surface area contributed by atoms with E-state index in [1.807, 2.05) is 24.6 Å². The van der Waals surface area contributed by atoms with Crippen LogP contribution in [0.1, 0.15) is 32.7 Å². The minimum Gasteiger partial charge on any atom is -0.310 e. The molecule has 17 heavy (non-hydrogen) atoms. The van der Waals surface area contributed by atoms with E-state index in [2.05, 4.69) is 15.3 Å². The van der Waals surface area contributed by atoms with Crippen LogP contribution in [0.3, 0.4) is 0 Å². The van der Waals surface area contributed by atoms with E-state index in [-0.39, 0.29) is 11.9 Å². The molecule has 1 aromatic heterocycles. The largest absolute Gasteiger partial charge is 0.310 e. The minimum absolute atomic E-state index is 0.0503. The van der Waals surface area contributed by atoms with Crippen molar-refractivity contribution in [1.29, 1.82) is 0 Å². The molecular weight excluding hydrogens is 216 g/mol. The second-order valence-electron chi connectivity index (χ2n) is 4.79. The Morgan fingerprint density at radius 3 is 2.82 bits per heavy atom. The fourth-order valence-corrected chi connectivity index (χ4v) is 2.15. The van der Waals surface area contributed by atoms with E-state index in [1.165, 1.54) is 12.8 Å². The van der Waals surface area contributed by atoms with Gasteiger partial charge in [-0.2, -0.15) is 5.10 Å². The highest BCUT2D eigenvalue weighted by atomic mass is 16.2. The molecule has 1 aromatic rings. The smallest absolute Gasteiger partial charge is 0.239 e. The van der Waals surface area contributed by atoms with Crippen LogP contribution in [-0.2, 0) is 4.79 Å². The highest BCUT2D eigenvalue weighted by Gasteiger charge is 2.16. The van der Waals surface area contributed by atoms with Crippen LogP contribution in [0.15, 0.2) is 12.3 Å². The molecule has 2 rings (SSSR count). The lowest BCUT2D eigenvalue weighted by atomic mass is 10.4. The van der Waals surface area contributed by atoms with Crippen LogP contribution in [0.4, 0.5) is 5.82 Å². The van der Waals surface area contributed by atoms with Gasteiger partial charge >= 0.3 is 0 Å². The molecule has 5 nitrogen and oxygen atoms in total. The second kappa shape index (κ2) is 5.31. The first-order valence-electron chi connectivity index (χ1n) is 6.22. The second-order valence-corrected chi connectivity index (χ2v) is 4.79. The van der Waals surface area contributed by atoms with Gasteiger partial charge in [0.05, 0.1) is 12.7 Å². The predicted octanol–water partition coefficient (Wildman–Crippen LogP) is 1.50. The molecule has 5 heteroatoms. The molecule has 1 aliphatic heterocycles. The average molecular weight is 236 g/mol. The lowest BCUT2D eigenvalue weighted by molar-refractivity contribution is -0.117. The van der Waals surface area contributed by atoms with E-state index in [1.54, 1.807) is 6.20 Å². The number of aromatic nitrogens is 2. The molecule has 1 saturated heterocycles. The van der Waals surface area contributed by atoms with Crippen LogP contribution in [-0.4, -0.2) is 40.2 Å². The third kappa shape index (κ3) is 3.06. The first kappa shape index (κ1) is 12.1. The van der Waals surface area contributed by atoms with Crippen molar-refractivity contribution in [3.63, 3.8) is 0 Å². The topological polar surface area (TPSA) is 50.2 Å². The minimum atomic E-state index is 0.0503. The average Bonchev–Trinajstić information content (AvgIpc) is 2.88. The fourth-order valence-electron chi connectivity index (χ4n) is 2.15. The molecular formula is C12H20N4O. The Bertz CT molecular complexity index is 380.